The number of benzene rings is 1. The molecule has 2 N–H and O–H groups in total. The molecule has 170 valence electrons. The molecule has 2 aromatic heterocycles. The summed E-state index contributed by atoms with van der Waals surface area (Å²) in [6.07, 6.45) is 4.71. The Kier molecular flexibility index (Phi) is 5.24. The van der Waals surface area contributed by atoms with Crippen molar-refractivity contribution in [3.8, 4) is 17.2 Å². The van der Waals surface area contributed by atoms with E-state index in [2.05, 4.69) is 20.2 Å². The van der Waals surface area contributed by atoms with Crippen LogP contribution in [0.4, 0.5) is 5.95 Å². The summed E-state index contributed by atoms with van der Waals surface area (Å²) in [5, 5.41) is 7.77. The molecular formula is C23H23Cl2N7O. The van der Waals surface area contributed by atoms with Gasteiger partial charge in [0.05, 0.1) is 21.4 Å². The number of imidazole rings is 1. The van der Waals surface area contributed by atoms with Crippen molar-refractivity contribution in [1.29, 1.82) is 0 Å². The first-order valence-corrected chi connectivity index (χ1v) is 12.0. The fourth-order valence-corrected chi connectivity index (χ4v) is 4.89. The van der Waals surface area contributed by atoms with Gasteiger partial charge >= 0.3 is 0 Å². The van der Waals surface area contributed by atoms with Crippen molar-refractivity contribution in [3.63, 3.8) is 0 Å². The number of fused-ring (bicyclic) bond motifs is 1. The fourth-order valence-electron chi connectivity index (χ4n) is 4.59. The van der Waals surface area contributed by atoms with Gasteiger partial charge in [-0.2, -0.15) is 4.98 Å². The average Bonchev–Trinajstić information content (AvgIpc) is 3.21. The highest BCUT2D eigenvalue weighted by atomic mass is 35.5. The molecule has 1 saturated carbocycles. The lowest BCUT2D eigenvalue weighted by Crippen LogP contribution is -2.32. The molecular weight excluding hydrogens is 461 g/mol. The first-order chi connectivity index (χ1) is 16.1. The third kappa shape index (κ3) is 3.96. The Morgan fingerprint density at radius 2 is 1.97 bits per heavy atom. The number of nitrogens with one attached hydrogen (secondary N) is 2. The van der Waals surface area contributed by atoms with Gasteiger partial charge in [0.25, 0.3) is 0 Å². The summed E-state index contributed by atoms with van der Waals surface area (Å²) in [4.78, 5) is 28.5. The van der Waals surface area contributed by atoms with Crippen LogP contribution in [0.2, 0.25) is 10.0 Å². The Balaban J connectivity index is 1.29. The number of carbonyl (C=O) groups excluding carboxylic acids is 1. The smallest absolute Gasteiger partial charge is 0.225 e. The Hall–Kier alpha value is -2.68. The fraction of sp³-hybridized carbons (Fsp3) is 0.391. The number of halogens is 2. The topological polar surface area (TPSA) is 88.0 Å². The summed E-state index contributed by atoms with van der Waals surface area (Å²) in [7, 11) is 0. The molecule has 4 heterocycles. The number of nitrogens with zero attached hydrogens (tertiary/aromatic N) is 5. The minimum absolute atomic E-state index is 0.146. The van der Waals surface area contributed by atoms with Crippen molar-refractivity contribution in [1.82, 2.24) is 29.7 Å². The minimum atomic E-state index is 0.146. The quantitative estimate of drug-likeness (QED) is 0.575. The van der Waals surface area contributed by atoms with Crippen LogP contribution in [-0.2, 0) is 17.9 Å². The van der Waals surface area contributed by atoms with E-state index in [1.807, 2.05) is 23.1 Å². The average molecular weight is 484 g/mol. The van der Waals surface area contributed by atoms with E-state index >= 15 is 0 Å². The Labute approximate surface area is 201 Å². The van der Waals surface area contributed by atoms with Crippen LogP contribution in [0.3, 0.4) is 0 Å². The van der Waals surface area contributed by atoms with Crippen molar-refractivity contribution < 1.29 is 4.79 Å². The maximum absolute atomic E-state index is 12.4. The first-order valence-electron chi connectivity index (χ1n) is 11.2. The second kappa shape index (κ2) is 8.27. The van der Waals surface area contributed by atoms with Crippen molar-refractivity contribution >= 4 is 35.1 Å². The monoisotopic (exact) mass is 483 g/mol. The molecule has 33 heavy (non-hydrogen) atoms. The predicted octanol–water partition coefficient (Wildman–Crippen LogP) is 3.66. The third-order valence-electron chi connectivity index (χ3n) is 6.45. The molecule has 6 rings (SSSR count). The zero-order chi connectivity index (χ0) is 22.5. The van der Waals surface area contributed by atoms with Gasteiger partial charge in [0.2, 0.25) is 11.9 Å². The van der Waals surface area contributed by atoms with Gasteiger partial charge in [-0.1, -0.05) is 23.2 Å². The van der Waals surface area contributed by atoms with Crippen molar-refractivity contribution in [3.05, 3.63) is 51.9 Å². The van der Waals surface area contributed by atoms with E-state index in [0.717, 1.165) is 54.4 Å². The van der Waals surface area contributed by atoms with E-state index in [1.54, 1.807) is 12.3 Å². The van der Waals surface area contributed by atoms with Crippen molar-refractivity contribution in [2.45, 2.75) is 38.4 Å². The predicted molar refractivity (Wildman–Crippen MR) is 126 cm³/mol. The summed E-state index contributed by atoms with van der Waals surface area (Å²) >= 11 is 12.4. The summed E-state index contributed by atoms with van der Waals surface area (Å²) in [6.45, 7) is 2.90. The zero-order valence-corrected chi connectivity index (χ0v) is 19.4. The SMILES string of the molecule is O=C(C1CC1)N1CC[C@@H](Nc2nccc(-n3c(-c4ccc(Cl)c(Cl)c4)nc4c3CNC4)n2)C1. The molecule has 0 bridgehead atoms. The number of hydrogen-bond donors (Lipinski definition) is 2. The summed E-state index contributed by atoms with van der Waals surface area (Å²) in [5.74, 6) is 2.59. The molecule has 1 saturated heterocycles. The lowest BCUT2D eigenvalue weighted by Gasteiger charge is -2.17. The maximum atomic E-state index is 12.4. The second-order valence-corrected chi connectivity index (χ2v) is 9.64. The molecule has 2 aliphatic heterocycles. The highest BCUT2D eigenvalue weighted by molar-refractivity contribution is 6.42. The molecule has 0 spiro atoms. The van der Waals surface area contributed by atoms with E-state index < -0.39 is 0 Å². The minimum Gasteiger partial charge on any atom is -0.350 e. The van der Waals surface area contributed by atoms with Gasteiger partial charge in [-0.3, -0.25) is 9.36 Å². The lowest BCUT2D eigenvalue weighted by molar-refractivity contribution is -0.131. The molecule has 1 aliphatic carbocycles. The van der Waals surface area contributed by atoms with Gasteiger partial charge in [0.1, 0.15) is 11.6 Å². The van der Waals surface area contributed by atoms with Crippen molar-refractivity contribution in [2.24, 2.45) is 5.92 Å². The Morgan fingerprint density at radius 1 is 1.09 bits per heavy atom. The molecule has 2 fully saturated rings. The van der Waals surface area contributed by atoms with Crippen LogP contribution < -0.4 is 10.6 Å². The van der Waals surface area contributed by atoms with Gasteiger partial charge in [-0.15, -0.1) is 0 Å². The normalized spacial score (nSPS) is 19.7. The second-order valence-electron chi connectivity index (χ2n) is 8.82. The van der Waals surface area contributed by atoms with Crippen LogP contribution in [0.15, 0.2) is 30.5 Å². The molecule has 3 aliphatic rings. The summed E-state index contributed by atoms with van der Waals surface area (Å²) in [6, 6.07) is 7.55. The summed E-state index contributed by atoms with van der Waals surface area (Å²) in [5.41, 5.74) is 2.94. The molecule has 1 atom stereocenters. The molecule has 0 radical (unpaired) electrons. The zero-order valence-electron chi connectivity index (χ0n) is 17.9. The van der Waals surface area contributed by atoms with Crippen LogP contribution >= 0.6 is 23.2 Å². The van der Waals surface area contributed by atoms with Gasteiger partial charge in [0, 0.05) is 49.9 Å². The highest BCUT2D eigenvalue weighted by Crippen LogP contribution is 2.33. The number of carbonyl (C=O) groups is 1. The standard InChI is InChI=1S/C23H23Cl2N7O/c24-16-4-3-14(9-17(16)25)21-29-18-10-26-11-19(18)32(21)20-5-7-27-23(30-20)28-15-6-8-31(12-15)22(33)13-1-2-13/h3-5,7,9,13,15,26H,1-2,6,8,10-12H2,(H,27,28,30)/t15-/m1/s1. The van der Waals surface area contributed by atoms with E-state index in [9.17, 15) is 4.79 Å². The maximum Gasteiger partial charge on any atom is 0.225 e. The Bertz CT molecular complexity index is 1240. The van der Waals surface area contributed by atoms with E-state index in [4.69, 9.17) is 33.2 Å². The van der Waals surface area contributed by atoms with Crippen LogP contribution in [0.5, 0.6) is 0 Å². The van der Waals surface area contributed by atoms with E-state index in [-0.39, 0.29) is 12.0 Å². The number of amides is 1. The molecule has 10 heteroatoms. The number of hydrogen-bond acceptors (Lipinski definition) is 6. The first kappa shape index (κ1) is 20.9. The lowest BCUT2D eigenvalue weighted by atomic mass is 10.2. The third-order valence-corrected chi connectivity index (χ3v) is 7.19. The largest absolute Gasteiger partial charge is 0.350 e. The summed E-state index contributed by atoms with van der Waals surface area (Å²) < 4.78 is 2.05. The van der Waals surface area contributed by atoms with Gasteiger partial charge in [-0.25, -0.2) is 9.97 Å². The van der Waals surface area contributed by atoms with Crippen LogP contribution in [-0.4, -0.2) is 49.5 Å². The molecule has 8 nitrogen and oxygen atoms in total. The van der Waals surface area contributed by atoms with Gasteiger partial charge in [0.15, 0.2) is 0 Å². The number of aromatic nitrogens is 4. The van der Waals surface area contributed by atoms with Crippen LogP contribution in [0.1, 0.15) is 30.7 Å². The Morgan fingerprint density at radius 3 is 2.79 bits per heavy atom. The number of likely N-dealkylation sites (tertiary alicyclic amines) is 1. The van der Waals surface area contributed by atoms with Crippen LogP contribution in [0.25, 0.3) is 17.2 Å². The molecule has 1 amide bonds. The van der Waals surface area contributed by atoms with Gasteiger partial charge in [-0.05, 0) is 43.5 Å². The van der Waals surface area contributed by atoms with E-state index in [1.165, 1.54) is 0 Å². The highest BCUT2D eigenvalue weighted by Gasteiger charge is 2.36. The van der Waals surface area contributed by atoms with Gasteiger partial charge < -0.3 is 15.5 Å². The van der Waals surface area contributed by atoms with E-state index in [0.29, 0.717) is 41.5 Å². The number of anilines is 1. The molecule has 3 aromatic rings. The number of rotatable bonds is 5. The van der Waals surface area contributed by atoms with Crippen LogP contribution in [0, 0.1) is 5.92 Å². The van der Waals surface area contributed by atoms with Crippen molar-refractivity contribution in [2.75, 3.05) is 18.4 Å². The molecule has 0 unspecified atom stereocenters. The molecule has 1 aromatic carbocycles.